The number of nitrogens with zero attached hydrogens (tertiary/aromatic N) is 1. The van der Waals surface area contributed by atoms with Crippen LogP contribution in [0.5, 0.6) is 5.75 Å². The van der Waals surface area contributed by atoms with Crippen molar-refractivity contribution in [2.24, 2.45) is 4.99 Å². The number of halogens is 1. The molecule has 5 nitrogen and oxygen atoms in total. The molecule has 3 N–H and O–H groups in total. The minimum atomic E-state index is -0.376. The van der Waals surface area contributed by atoms with Crippen LogP contribution in [0.4, 0.5) is 4.39 Å². The second-order valence-electron chi connectivity index (χ2n) is 5.81. The van der Waals surface area contributed by atoms with Gasteiger partial charge in [0.1, 0.15) is 0 Å². The normalized spacial score (nSPS) is 21.8. The number of aliphatic hydroxyl groups excluding tert-OH is 1. The molecular formula is C17H26FN3O2. The van der Waals surface area contributed by atoms with E-state index in [0.29, 0.717) is 12.6 Å². The fourth-order valence-corrected chi connectivity index (χ4v) is 2.71. The summed E-state index contributed by atoms with van der Waals surface area (Å²) in [5, 5.41) is 16.2. The highest BCUT2D eigenvalue weighted by Crippen LogP contribution is 2.19. The van der Waals surface area contributed by atoms with E-state index in [1.165, 1.54) is 13.2 Å². The Hall–Kier alpha value is -1.82. The average Bonchev–Trinajstić information content (AvgIpc) is 2.55. The first-order valence-electron chi connectivity index (χ1n) is 8.17. The zero-order valence-corrected chi connectivity index (χ0v) is 13.8. The SMILES string of the molecule is CCNC(=NCc1ccc(OC)c(F)c1)NC1CCC(O)CC1. The number of hydrogen-bond donors (Lipinski definition) is 3. The van der Waals surface area contributed by atoms with Crippen molar-refractivity contribution in [3.63, 3.8) is 0 Å². The van der Waals surface area contributed by atoms with Gasteiger partial charge in [0.05, 0.1) is 19.8 Å². The highest BCUT2D eigenvalue weighted by molar-refractivity contribution is 5.80. The molecule has 0 radical (unpaired) electrons. The predicted octanol–water partition coefficient (Wildman–Crippen LogP) is 2.19. The van der Waals surface area contributed by atoms with Gasteiger partial charge >= 0.3 is 0 Å². The Bertz CT molecular complexity index is 529. The van der Waals surface area contributed by atoms with E-state index >= 15 is 0 Å². The first-order valence-corrected chi connectivity index (χ1v) is 8.17. The van der Waals surface area contributed by atoms with E-state index in [9.17, 15) is 9.50 Å². The van der Waals surface area contributed by atoms with Crippen LogP contribution >= 0.6 is 0 Å². The van der Waals surface area contributed by atoms with Gasteiger partial charge < -0.3 is 20.5 Å². The van der Waals surface area contributed by atoms with Gasteiger partial charge in [-0.25, -0.2) is 9.38 Å². The van der Waals surface area contributed by atoms with Crippen molar-refractivity contribution in [2.75, 3.05) is 13.7 Å². The third-order valence-corrected chi connectivity index (χ3v) is 4.02. The van der Waals surface area contributed by atoms with Crippen molar-refractivity contribution in [3.8, 4) is 5.75 Å². The van der Waals surface area contributed by atoms with Crippen LogP contribution in [0.15, 0.2) is 23.2 Å². The van der Waals surface area contributed by atoms with E-state index in [1.807, 2.05) is 13.0 Å². The van der Waals surface area contributed by atoms with Gasteiger partial charge in [0.15, 0.2) is 17.5 Å². The molecule has 0 saturated heterocycles. The van der Waals surface area contributed by atoms with Crippen molar-refractivity contribution < 1.29 is 14.2 Å². The van der Waals surface area contributed by atoms with Crippen LogP contribution in [0, 0.1) is 5.82 Å². The smallest absolute Gasteiger partial charge is 0.191 e. The lowest BCUT2D eigenvalue weighted by Gasteiger charge is -2.27. The van der Waals surface area contributed by atoms with Gasteiger partial charge in [0.2, 0.25) is 0 Å². The Balaban J connectivity index is 1.96. The van der Waals surface area contributed by atoms with Crippen molar-refractivity contribution >= 4 is 5.96 Å². The van der Waals surface area contributed by atoms with Crippen molar-refractivity contribution in [1.29, 1.82) is 0 Å². The van der Waals surface area contributed by atoms with E-state index in [1.54, 1.807) is 6.07 Å². The van der Waals surface area contributed by atoms with Crippen LogP contribution in [-0.4, -0.2) is 36.9 Å². The largest absolute Gasteiger partial charge is 0.494 e. The molecule has 1 saturated carbocycles. The number of ether oxygens (including phenoxy) is 1. The number of benzene rings is 1. The third-order valence-electron chi connectivity index (χ3n) is 4.02. The zero-order chi connectivity index (χ0) is 16.7. The first kappa shape index (κ1) is 17.5. The Kier molecular flexibility index (Phi) is 6.65. The van der Waals surface area contributed by atoms with Gasteiger partial charge in [-0.15, -0.1) is 0 Å². The fraction of sp³-hybridized carbons (Fsp3) is 0.588. The first-order chi connectivity index (χ1) is 11.1. The number of nitrogens with one attached hydrogen (secondary N) is 2. The molecule has 0 bridgehead atoms. The van der Waals surface area contributed by atoms with Gasteiger partial charge in [0, 0.05) is 12.6 Å². The standard InChI is InChI=1S/C17H26FN3O2/c1-3-19-17(21-13-5-7-14(22)8-6-13)20-11-12-4-9-16(23-2)15(18)10-12/h4,9-10,13-14,22H,3,5-8,11H2,1-2H3,(H2,19,20,21). The van der Waals surface area contributed by atoms with Crippen molar-refractivity contribution in [1.82, 2.24) is 10.6 Å². The van der Waals surface area contributed by atoms with Crippen LogP contribution in [0.25, 0.3) is 0 Å². The second-order valence-corrected chi connectivity index (χ2v) is 5.81. The summed E-state index contributed by atoms with van der Waals surface area (Å²) >= 11 is 0. The quantitative estimate of drug-likeness (QED) is 0.574. The minimum absolute atomic E-state index is 0.171. The number of hydrogen-bond acceptors (Lipinski definition) is 3. The number of aliphatic imine (C=N–C) groups is 1. The maximum absolute atomic E-state index is 13.7. The molecular weight excluding hydrogens is 297 g/mol. The molecule has 1 fully saturated rings. The number of aliphatic hydroxyl groups is 1. The molecule has 0 heterocycles. The lowest BCUT2D eigenvalue weighted by atomic mass is 9.93. The lowest BCUT2D eigenvalue weighted by molar-refractivity contribution is 0.120. The van der Waals surface area contributed by atoms with E-state index in [0.717, 1.165) is 43.8 Å². The highest BCUT2D eigenvalue weighted by atomic mass is 19.1. The Morgan fingerprint density at radius 1 is 1.35 bits per heavy atom. The number of guanidine groups is 1. The monoisotopic (exact) mass is 323 g/mol. The molecule has 0 amide bonds. The molecule has 0 atom stereocenters. The van der Waals surface area contributed by atoms with Crippen LogP contribution in [-0.2, 0) is 6.54 Å². The maximum atomic E-state index is 13.7. The maximum Gasteiger partial charge on any atom is 0.191 e. The highest BCUT2D eigenvalue weighted by Gasteiger charge is 2.19. The molecule has 0 spiro atoms. The molecule has 0 aliphatic heterocycles. The Labute approximate surface area is 137 Å². The molecule has 1 aromatic carbocycles. The summed E-state index contributed by atoms with van der Waals surface area (Å²) in [6, 6.07) is 5.20. The number of rotatable bonds is 5. The van der Waals surface area contributed by atoms with Crippen LogP contribution in [0.2, 0.25) is 0 Å². The molecule has 6 heteroatoms. The van der Waals surface area contributed by atoms with Gasteiger partial charge in [-0.1, -0.05) is 6.07 Å². The lowest BCUT2D eigenvalue weighted by Crippen LogP contribution is -2.45. The molecule has 128 valence electrons. The van der Waals surface area contributed by atoms with Crippen molar-refractivity contribution in [2.45, 2.75) is 51.3 Å². The summed E-state index contributed by atoms with van der Waals surface area (Å²) in [7, 11) is 1.45. The summed E-state index contributed by atoms with van der Waals surface area (Å²) in [5.74, 6) is 0.591. The fourth-order valence-electron chi connectivity index (χ4n) is 2.71. The summed E-state index contributed by atoms with van der Waals surface area (Å²) in [6.07, 6.45) is 3.34. The van der Waals surface area contributed by atoms with Gasteiger partial charge in [0.25, 0.3) is 0 Å². The molecule has 1 aromatic rings. The minimum Gasteiger partial charge on any atom is -0.494 e. The second kappa shape index (κ2) is 8.72. The van der Waals surface area contributed by atoms with Crippen molar-refractivity contribution in [3.05, 3.63) is 29.6 Å². The molecule has 0 unspecified atom stereocenters. The summed E-state index contributed by atoms with van der Waals surface area (Å²) in [5.41, 5.74) is 0.791. The summed E-state index contributed by atoms with van der Waals surface area (Å²) < 4.78 is 18.6. The molecule has 23 heavy (non-hydrogen) atoms. The molecule has 1 aliphatic rings. The number of methoxy groups -OCH3 is 1. The van der Waals surface area contributed by atoms with Crippen LogP contribution < -0.4 is 15.4 Å². The van der Waals surface area contributed by atoms with E-state index in [4.69, 9.17) is 4.74 Å². The Morgan fingerprint density at radius 3 is 2.70 bits per heavy atom. The van der Waals surface area contributed by atoms with E-state index in [2.05, 4.69) is 15.6 Å². The van der Waals surface area contributed by atoms with Gasteiger partial charge in [-0.2, -0.15) is 0 Å². The third kappa shape index (κ3) is 5.39. The van der Waals surface area contributed by atoms with E-state index in [-0.39, 0.29) is 17.7 Å². The molecule has 2 rings (SSSR count). The summed E-state index contributed by atoms with van der Waals surface area (Å²) in [6.45, 7) is 3.17. The van der Waals surface area contributed by atoms with Gasteiger partial charge in [-0.05, 0) is 50.3 Å². The topological polar surface area (TPSA) is 65.9 Å². The Morgan fingerprint density at radius 2 is 2.09 bits per heavy atom. The van der Waals surface area contributed by atoms with Crippen LogP contribution in [0.3, 0.4) is 0 Å². The van der Waals surface area contributed by atoms with E-state index < -0.39 is 0 Å². The molecule has 0 aromatic heterocycles. The predicted molar refractivity (Wildman–Crippen MR) is 89.2 cm³/mol. The van der Waals surface area contributed by atoms with Crippen LogP contribution in [0.1, 0.15) is 38.2 Å². The van der Waals surface area contributed by atoms with Gasteiger partial charge in [-0.3, -0.25) is 0 Å². The molecule has 1 aliphatic carbocycles. The average molecular weight is 323 g/mol. The zero-order valence-electron chi connectivity index (χ0n) is 13.8. The summed E-state index contributed by atoms with van der Waals surface area (Å²) in [4.78, 5) is 4.52.